The highest BCUT2D eigenvalue weighted by Crippen LogP contribution is 2.22. The van der Waals surface area contributed by atoms with Gasteiger partial charge in [0.25, 0.3) is 0 Å². The lowest BCUT2D eigenvalue weighted by Gasteiger charge is -2.18. The normalized spacial score (nSPS) is 13.5. The number of benzene rings is 1. The van der Waals surface area contributed by atoms with Crippen molar-refractivity contribution >= 4 is 11.8 Å². The molecule has 1 aromatic carbocycles. The van der Waals surface area contributed by atoms with Gasteiger partial charge in [0.05, 0.1) is 12.6 Å². The zero-order valence-electron chi connectivity index (χ0n) is 10.3. The number of fused-ring (bicyclic) bond motifs is 1. The van der Waals surface area contributed by atoms with Crippen molar-refractivity contribution in [1.29, 1.82) is 5.26 Å². The molecule has 6 heteroatoms. The van der Waals surface area contributed by atoms with Gasteiger partial charge in [-0.05, 0) is 6.07 Å². The monoisotopic (exact) mass is 259 g/mol. The van der Waals surface area contributed by atoms with Gasteiger partial charge < -0.3 is 15.0 Å². The third-order valence-electron chi connectivity index (χ3n) is 2.76. The maximum atomic E-state index is 11.9. The molecule has 0 unspecified atom stereocenters. The summed E-state index contributed by atoms with van der Waals surface area (Å²) in [6.07, 6.45) is 0. The molecule has 1 N–H and O–H groups in total. The van der Waals surface area contributed by atoms with Gasteiger partial charge in [0.1, 0.15) is 18.9 Å². The Bertz CT molecular complexity index is 536. The maximum absolute atomic E-state index is 11.9. The van der Waals surface area contributed by atoms with Gasteiger partial charge in [-0.1, -0.05) is 18.2 Å². The molecule has 6 nitrogen and oxygen atoms in total. The molecule has 98 valence electrons. The lowest BCUT2D eigenvalue weighted by molar-refractivity contribution is -0.146. The van der Waals surface area contributed by atoms with Crippen LogP contribution in [0.25, 0.3) is 0 Å². The molecule has 1 aromatic rings. The minimum Gasteiger partial charge on any atom is -0.491 e. The lowest BCUT2D eigenvalue weighted by Crippen LogP contribution is -2.43. The molecule has 2 amide bonds. The van der Waals surface area contributed by atoms with Crippen LogP contribution in [0.3, 0.4) is 0 Å². The molecule has 0 saturated carbocycles. The van der Waals surface area contributed by atoms with E-state index in [1.807, 2.05) is 24.3 Å². The third-order valence-corrected chi connectivity index (χ3v) is 2.76. The largest absolute Gasteiger partial charge is 0.491 e. The van der Waals surface area contributed by atoms with Crippen LogP contribution in [0.1, 0.15) is 5.56 Å². The number of nitriles is 1. The molecule has 0 atom stereocenters. The molecule has 1 heterocycles. The summed E-state index contributed by atoms with van der Waals surface area (Å²) in [5.41, 5.74) is 0.862. The number of nitrogens with zero attached hydrogens (tertiary/aromatic N) is 2. The Morgan fingerprint density at radius 1 is 1.42 bits per heavy atom. The van der Waals surface area contributed by atoms with E-state index in [0.29, 0.717) is 19.7 Å². The van der Waals surface area contributed by atoms with Crippen molar-refractivity contribution in [2.75, 3.05) is 19.7 Å². The first-order valence-electron chi connectivity index (χ1n) is 5.87. The van der Waals surface area contributed by atoms with Gasteiger partial charge in [0.2, 0.25) is 0 Å². The van der Waals surface area contributed by atoms with E-state index in [1.54, 1.807) is 6.07 Å². The number of amides is 2. The highest BCUT2D eigenvalue weighted by molar-refractivity contribution is 6.35. The van der Waals surface area contributed by atoms with Gasteiger partial charge in [-0.15, -0.1) is 0 Å². The smallest absolute Gasteiger partial charge is 0.312 e. The SMILES string of the molecule is N#CCNC(=O)C(=O)N1CCOc2ccccc2C1. The molecule has 0 radical (unpaired) electrons. The summed E-state index contributed by atoms with van der Waals surface area (Å²) in [5.74, 6) is -0.674. The van der Waals surface area contributed by atoms with Crippen LogP contribution in [0.15, 0.2) is 24.3 Å². The van der Waals surface area contributed by atoms with Crippen molar-refractivity contribution in [3.05, 3.63) is 29.8 Å². The third kappa shape index (κ3) is 3.01. The summed E-state index contributed by atoms with van der Waals surface area (Å²) in [5, 5.41) is 10.6. The van der Waals surface area contributed by atoms with E-state index in [-0.39, 0.29) is 6.54 Å². The zero-order valence-corrected chi connectivity index (χ0v) is 10.3. The number of nitrogens with one attached hydrogen (secondary N) is 1. The summed E-state index contributed by atoms with van der Waals surface area (Å²) in [6.45, 7) is 0.836. The van der Waals surface area contributed by atoms with Gasteiger partial charge in [-0.3, -0.25) is 9.59 Å². The van der Waals surface area contributed by atoms with Crippen molar-refractivity contribution in [2.45, 2.75) is 6.54 Å². The topological polar surface area (TPSA) is 82.4 Å². The van der Waals surface area contributed by atoms with Crippen LogP contribution in [0.4, 0.5) is 0 Å². The highest BCUT2D eigenvalue weighted by Gasteiger charge is 2.24. The van der Waals surface area contributed by atoms with Crippen molar-refractivity contribution in [3.8, 4) is 11.8 Å². The first-order chi connectivity index (χ1) is 9.22. The van der Waals surface area contributed by atoms with E-state index in [9.17, 15) is 9.59 Å². The average Bonchev–Trinajstić information content (AvgIpc) is 2.66. The first kappa shape index (κ1) is 12.9. The number of ether oxygens (including phenoxy) is 1. The first-order valence-corrected chi connectivity index (χ1v) is 5.87. The molecule has 0 spiro atoms. The second-order valence-electron chi connectivity index (χ2n) is 4.02. The summed E-state index contributed by atoms with van der Waals surface area (Å²) in [6, 6.07) is 9.15. The van der Waals surface area contributed by atoms with Crippen molar-refractivity contribution in [2.24, 2.45) is 0 Å². The standard InChI is InChI=1S/C13H13N3O3/c14-5-6-15-12(17)13(18)16-7-8-19-11-4-2-1-3-10(11)9-16/h1-4H,6-9H2,(H,15,17). The number of hydrogen-bond donors (Lipinski definition) is 1. The van der Waals surface area contributed by atoms with E-state index in [2.05, 4.69) is 5.32 Å². The molecule has 2 rings (SSSR count). The highest BCUT2D eigenvalue weighted by atomic mass is 16.5. The maximum Gasteiger partial charge on any atom is 0.312 e. The molecule has 1 aliphatic rings. The Morgan fingerprint density at radius 2 is 2.21 bits per heavy atom. The molecular formula is C13H13N3O3. The van der Waals surface area contributed by atoms with Crippen LogP contribution >= 0.6 is 0 Å². The summed E-state index contributed by atoms with van der Waals surface area (Å²) in [4.78, 5) is 24.9. The van der Waals surface area contributed by atoms with E-state index in [0.717, 1.165) is 11.3 Å². The quantitative estimate of drug-likeness (QED) is 0.570. The summed E-state index contributed by atoms with van der Waals surface area (Å²) < 4.78 is 5.51. The second-order valence-corrected chi connectivity index (χ2v) is 4.02. The van der Waals surface area contributed by atoms with E-state index < -0.39 is 11.8 Å². The van der Waals surface area contributed by atoms with Crippen molar-refractivity contribution < 1.29 is 14.3 Å². The summed E-state index contributed by atoms with van der Waals surface area (Å²) >= 11 is 0. The Morgan fingerprint density at radius 3 is 3.00 bits per heavy atom. The number of hydrogen-bond acceptors (Lipinski definition) is 4. The lowest BCUT2D eigenvalue weighted by atomic mass is 10.2. The van der Waals surface area contributed by atoms with Crippen molar-refractivity contribution in [1.82, 2.24) is 10.2 Å². The number of carbonyl (C=O) groups excluding carboxylic acids is 2. The van der Waals surface area contributed by atoms with Gasteiger partial charge >= 0.3 is 11.8 Å². The number of para-hydroxylation sites is 1. The van der Waals surface area contributed by atoms with Gasteiger partial charge in [-0.2, -0.15) is 5.26 Å². The van der Waals surface area contributed by atoms with Crippen molar-refractivity contribution in [3.63, 3.8) is 0 Å². The van der Waals surface area contributed by atoms with Gasteiger partial charge in [-0.25, -0.2) is 0 Å². The van der Waals surface area contributed by atoms with Crippen LogP contribution < -0.4 is 10.1 Å². The molecule has 19 heavy (non-hydrogen) atoms. The second kappa shape index (κ2) is 5.87. The number of rotatable bonds is 1. The van der Waals surface area contributed by atoms with Crippen LogP contribution in [-0.4, -0.2) is 36.4 Å². The van der Waals surface area contributed by atoms with E-state index in [4.69, 9.17) is 10.00 Å². The number of carbonyl (C=O) groups is 2. The van der Waals surface area contributed by atoms with Crippen LogP contribution in [0.5, 0.6) is 5.75 Å². The molecule has 0 bridgehead atoms. The van der Waals surface area contributed by atoms with Gasteiger partial charge in [0, 0.05) is 12.1 Å². The molecule has 0 saturated heterocycles. The Kier molecular flexibility index (Phi) is 3.98. The van der Waals surface area contributed by atoms with Crippen LogP contribution in [0, 0.1) is 11.3 Å². The minimum atomic E-state index is -0.763. The minimum absolute atomic E-state index is 0.175. The van der Waals surface area contributed by atoms with Gasteiger partial charge in [0.15, 0.2) is 0 Å². The average molecular weight is 259 g/mol. The van der Waals surface area contributed by atoms with E-state index in [1.165, 1.54) is 4.90 Å². The fourth-order valence-electron chi connectivity index (χ4n) is 1.84. The van der Waals surface area contributed by atoms with Crippen LogP contribution in [0.2, 0.25) is 0 Å². The predicted octanol–water partition coefficient (Wildman–Crippen LogP) is 0.0474. The van der Waals surface area contributed by atoms with Crippen LogP contribution in [-0.2, 0) is 16.1 Å². The fourth-order valence-corrected chi connectivity index (χ4v) is 1.84. The Hall–Kier alpha value is -2.55. The molecule has 0 fully saturated rings. The fraction of sp³-hybridized carbons (Fsp3) is 0.308. The summed E-state index contributed by atoms with van der Waals surface area (Å²) in [7, 11) is 0. The zero-order chi connectivity index (χ0) is 13.7. The predicted molar refractivity (Wildman–Crippen MR) is 66.0 cm³/mol. The molecular weight excluding hydrogens is 246 g/mol. The Labute approximate surface area is 110 Å². The molecule has 0 aliphatic carbocycles. The molecule has 1 aliphatic heterocycles. The Balaban J connectivity index is 2.08. The van der Waals surface area contributed by atoms with E-state index >= 15 is 0 Å². The molecule has 0 aromatic heterocycles.